The maximum absolute atomic E-state index is 14.5. The van der Waals surface area contributed by atoms with Crippen molar-refractivity contribution in [2.45, 2.75) is 13.5 Å². The SMILES string of the molecule is CCOc1cc2ncc(C#N)c(Nc3ccc(OCc4ccccn4)c(Cl)c3)c2cc1NC(=O)/C(F)=C/CN(C)C. The van der Waals surface area contributed by atoms with Gasteiger partial charge in [0.2, 0.25) is 0 Å². The molecule has 2 N–H and O–H groups in total. The van der Waals surface area contributed by atoms with Crippen molar-refractivity contribution in [2.75, 3.05) is 37.9 Å². The van der Waals surface area contributed by atoms with Gasteiger partial charge in [-0.05, 0) is 63.5 Å². The zero-order valence-corrected chi connectivity index (χ0v) is 23.5. The number of hydrogen-bond acceptors (Lipinski definition) is 8. The molecule has 0 spiro atoms. The summed E-state index contributed by atoms with van der Waals surface area (Å²) in [6.07, 6.45) is 4.31. The molecule has 2 aromatic carbocycles. The third kappa shape index (κ3) is 7.48. The van der Waals surface area contributed by atoms with E-state index in [9.17, 15) is 14.4 Å². The molecule has 4 rings (SSSR count). The van der Waals surface area contributed by atoms with Crippen LogP contribution in [0.2, 0.25) is 5.02 Å². The Morgan fingerprint density at radius 3 is 2.66 bits per heavy atom. The fourth-order valence-corrected chi connectivity index (χ4v) is 4.06. The van der Waals surface area contributed by atoms with Crippen LogP contribution in [0.25, 0.3) is 10.9 Å². The van der Waals surface area contributed by atoms with E-state index in [-0.39, 0.29) is 24.4 Å². The van der Waals surface area contributed by atoms with E-state index in [4.69, 9.17) is 21.1 Å². The Labute approximate surface area is 242 Å². The lowest BCUT2D eigenvalue weighted by atomic mass is 10.1. The molecule has 2 aromatic heterocycles. The third-order valence-electron chi connectivity index (χ3n) is 5.79. The van der Waals surface area contributed by atoms with Crippen LogP contribution in [0.3, 0.4) is 0 Å². The lowest BCUT2D eigenvalue weighted by Gasteiger charge is -2.16. The molecule has 0 aliphatic rings. The molecule has 0 saturated carbocycles. The van der Waals surface area contributed by atoms with Gasteiger partial charge in [-0.2, -0.15) is 5.26 Å². The summed E-state index contributed by atoms with van der Waals surface area (Å²) in [5.74, 6) is -1.06. The number of halogens is 2. The fourth-order valence-electron chi connectivity index (χ4n) is 3.82. The predicted molar refractivity (Wildman–Crippen MR) is 157 cm³/mol. The molecule has 0 fully saturated rings. The van der Waals surface area contributed by atoms with Gasteiger partial charge in [-0.25, -0.2) is 4.39 Å². The number of anilines is 3. The van der Waals surface area contributed by atoms with Gasteiger partial charge in [-0.3, -0.25) is 14.8 Å². The van der Waals surface area contributed by atoms with Crippen LogP contribution in [-0.4, -0.2) is 48.0 Å². The second-order valence-electron chi connectivity index (χ2n) is 9.11. The van der Waals surface area contributed by atoms with Crippen LogP contribution in [-0.2, 0) is 11.4 Å². The van der Waals surface area contributed by atoms with Gasteiger partial charge in [-0.1, -0.05) is 17.7 Å². The highest BCUT2D eigenvalue weighted by Crippen LogP contribution is 2.37. The van der Waals surface area contributed by atoms with Gasteiger partial charge in [0.25, 0.3) is 5.91 Å². The molecule has 210 valence electrons. The summed E-state index contributed by atoms with van der Waals surface area (Å²) in [6.45, 7) is 2.61. The van der Waals surface area contributed by atoms with Crippen LogP contribution in [0, 0.1) is 11.3 Å². The number of carbonyl (C=O) groups excluding carboxylic acids is 1. The first-order chi connectivity index (χ1) is 19.8. The average Bonchev–Trinajstić information content (AvgIpc) is 2.96. The van der Waals surface area contributed by atoms with Gasteiger partial charge >= 0.3 is 0 Å². The maximum Gasteiger partial charge on any atom is 0.284 e. The smallest absolute Gasteiger partial charge is 0.284 e. The number of benzene rings is 2. The molecule has 41 heavy (non-hydrogen) atoms. The highest BCUT2D eigenvalue weighted by Gasteiger charge is 2.18. The van der Waals surface area contributed by atoms with Crippen molar-refractivity contribution >= 4 is 45.5 Å². The quantitative estimate of drug-likeness (QED) is 0.203. The van der Waals surface area contributed by atoms with E-state index in [1.54, 1.807) is 62.4 Å². The van der Waals surface area contributed by atoms with Crippen molar-refractivity contribution in [1.82, 2.24) is 14.9 Å². The predicted octanol–water partition coefficient (Wildman–Crippen LogP) is 6.23. The summed E-state index contributed by atoms with van der Waals surface area (Å²) in [6, 6.07) is 16.1. The minimum Gasteiger partial charge on any atom is -0.492 e. The summed E-state index contributed by atoms with van der Waals surface area (Å²) < 4.78 is 26.0. The first-order valence-corrected chi connectivity index (χ1v) is 13.1. The van der Waals surface area contributed by atoms with E-state index < -0.39 is 11.7 Å². The lowest BCUT2D eigenvalue weighted by Crippen LogP contribution is -2.16. The molecule has 9 nitrogen and oxygen atoms in total. The Kier molecular flexibility index (Phi) is 9.68. The van der Waals surface area contributed by atoms with Gasteiger partial charge in [0.1, 0.15) is 24.2 Å². The number of hydrogen-bond donors (Lipinski definition) is 2. The number of aromatic nitrogens is 2. The van der Waals surface area contributed by atoms with E-state index >= 15 is 0 Å². The van der Waals surface area contributed by atoms with E-state index in [1.807, 2.05) is 18.2 Å². The van der Waals surface area contributed by atoms with Crippen LogP contribution >= 0.6 is 11.6 Å². The molecular weight excluding hydrogens is 547 g/mol. The normalized spacial score (nSPS) is 11.3. The number of carbonyl (C=O) groups is 1. The number of amides is 1. The molecule has 0 saturated heterocycles. The Bertz CT molecular complexity index is 1620. The number of nitrogens with zero attached hydrogens (tertiary/aromatic N) is 4. The summed E-state index contributed by atoms with van der Waals surface area (Å²) in [7, 11) is 3.53. The first-order valence-electron chi connectivity index (χ1n) is 12.7. The molecular formula is C30H28ClFN6O3. The summed E-state index contributed by atoms with van der Waals surface area (Å²) in [5.41, 5.74) is 2.75. The molecule has 0 radical (unpaired) electrons. The molecule has 0 unspecified atom stereocenters. The number of pyridine rings is 2. The first kappa shape index (κ1) is 29.3. The van der Waals surface area contributed by atoms with Crippen molar-refractivity contribution in [3.05, 3.63) is 89.1 Å². The van der Waals surface area contributed by atoms with Crippen LogP contribution < -0.4 is 20.1 Å². The van der Waals surface area contributed by atoms with Crippen molar-refractivity contribution in [3.8, 4) is 17.6 Å². The van der Waals surface area contributed by atoms with E-state index in [2.05, 4.69) is 26.7 Å². The number of fused-ring (bicyclic) bond motifs is 1. The standard InChI is InChI=1S/C30H28ClFN6O3/c1-4-40-28-15-25-22(14-26(28)37-30(39)24(32)10-12-38(2)3)29(19(16-33)17-35-25)36-20-8-9-27(23(31)13-20)41-18-21-7-5-6-11-34-21/h5-11,13-15,17H,4,12,18H2,1-3H3,(H,35,36)(H,37,39)/b24-10-. The average molecular weight is 575 g/mol. The topological polar surface area (TPSA) is 112 Å². The van der Waals surface area contributed by atoms with Gasteiger partial charge in [0.15, 0.2) is 5.83 Å². The molecule has 0 aliphatic carbocycles. The second kappa shape index (κ2) is 13.6. The van der Waals surface area contributed by atoms with Crippen LogP contribution in [0.15, 0.2) is 72.8 Å². The van der Waals surface area contributed by atoms with Crippen LogP contribution in [0.5, 0.6) is 11.5 Å². The molecule has 2 heterocycles. The third-order valence-corrected chi connectivity index (χ3v) is 6.09. The molecule has 4 aromatic rings. The Morgan fingerprint density at radius 1 is 1.15 bits per heavy atom. The zero-order chi connectivity index (χ0) is 29.4. The van der Waals surface area contributed by atoms with E-state index in [0.29, 0.717) is 45.4 Å². The van der Waals surface area contributed by atoms with Gasteiger partial charge in [0.05, 0.1) is 39.8 Å². The van der Waals surface area contributed by atoms with Crippen molar-refractivity contribution in [2.24, 2.45) is 0 Å². The zero-order valence-electron chi connectivity index (χ0n) is 22.7. The van der Waals surface area contributed by atoms with E-state index in [0.717, 1.165) is 5.69 Å². The number of nitrogens with one attached hydrogen (secondary N) is 2. The minimum atomic E-state index is -0.927. The molecule has 0 bridgehead atoms. The summed E-state index contributed by atoms with van der Waals surface area (Å²) >= 11 is 6.50. The highest BCUT2D eigenvalue weighted by molar-refractivity contribution is 6.32. The lowest BCUT2D eigenvalue weighted by molar-refractivity contribution is -0.114. The number of ether oxygens (including phenoxy) is 2. The van der Waals surface area contributed by atoms with Crippen molar-refractivity contribution < 1.29 is 18.7 Å². The maximum atomic E-state index is 14.5. The fraction of sp³-hybridized carbons (Fsp3) is 0.200. The summed E-state index contributed by atoms with van der Waals surface area (Å²) in [4.78, 5) is 22.9. The summed E-state index contributed by atoms with van der Waals surface area (Å²) in [5, 5.41) is 16.5. The number of nitriles is 1. The van der Waals surface area contributed by atoms with Gasteiger partial charge < -0.3 is 25.0 Å². The number of likely N-dealkylation sites (N-methyl/N-ethyl adjacent to an activating group) is 1. The minimum absolute atomic E-state index is 0.231. The number of rotatable bonds is 11. The monoisotopic (exact) mass is 574 g/mol. The highest BCUT2D eigenvalue weighted by atomic mass is 35.5. The molecule has 11 heteroatoms. The van der Waals surface area contributed by atoms with Gasteiger partial charge in [-0.15, -0.1) is 0 Å². The Hall–Kier alpha value is -4.72. The second-order valence-corrected chi connectivity index (χ2v) is 9.51. The Morgan fingerprint density at radius 2 is 1.98 bits per heavy atom. The molecule has 0 atom stereocenters. The van der Waals surface area contributed by atoms with Crippen molar-refractivity contribution in [3.63, 3.8) is 0 Å². The van der Waals surface area contributed by atoms with Crippen LogP contribution in [0.4, 0.5) is 21.5 Å². The van der Waals surface area contributed by atoms with Crippen LogP contribution in [0.1, 0.15) is 18.2 Å². The molecule has 0 aliphatic heterocycles. The van der Waals surface area contributed by atoms with Crippen molar-refractivity contribution in [1.29, 1.82) is 5.26 Å². The Balaban J connectivity index is 1.66. The van der Waals surface area contributed by atoms with E-state index in [1.165, 1.54) is 12.3 Å². The molecule has 1 amide bonds. The van der Waals surface area contributed by atoms with Gasteiger partial charge in [0, 0.05) is 36.1 Å². The largest absolute Gasteiger partial charge is 0.492 e.